The highest BCUT2D eigenvalue weighted by atomic mass is 35.5. The summed E-state index contributed by atoms with van der Waals surface area (Å²) in [6.07, 6.45) is 3.91. The molecule has 0 aliphatic carbocycles. The molecule has 1 N–H and O–H groups in total. The molecule has 126 valence electrons. The van der Waals surface area contributed by atoms with Crippen LogP contribution in [0.15, 0.2) is 36.7 Å². The van der Waals surface area contributed by atoms with Gasteiger partial charge in [0.25, 0.3) is 0 Å². The molecule has 5 nitrogen and oxygen atoms in total. The fourth-order valence-electron chi connectivity index (χ4n) is 2.67. The van der Waals surface area contributed by atoms with E-state index in [1.54, 1.807) is 23.4 Å². The molecule has 0 bridgehead atoms. The molecule has 1 aromatic carbocycles. The summed E-state index contributed by atoms with van der Waals surface area (Å²) in [7, 11) is 0. The lowest BCUT2D eigenvalue weighted by atomic mass is 10.1. The third kappa shape index (κ3) is 3.79. The van der Waals surface area contributed by atoms with Gasteiger partial charge in [-0.3, -0.25) is 4.98 Å². The number of anilines is 1. The van der Waals surface area contributed by atoms with Crippen LogP contribution in [0, 0.1) is 13.8 Å². The van der Waals surface area contributed by atoms with Crippen molar-refractivity contribution < 1.29 is 9.53 Å². The number of hydrogen-bond donors (Lipinski definition) is 1. The van der Waals surface area contributed by atoms with Gasteiger partial charge in [-0.1, -0.05) is 17.7 Å². The molecule has 24 heavy (non-hydrogen) atoms. The zero-order chi connectivity index (χ0) is 17.1. The van der Waals surface area contributed by atoms with Crippen molar-refractivity contribution in [1.29, 1.82) is 0 Å². The second-order valence-corrected chi connectivity index (χ2v) is 6.42. The second-order valence-electron chi connectivity index (χ2n) is 6.01. The number of rotatable bonds is 3. The summed E-state index contributed by atoms with van der Waals surface area (Å²) in [5, 5.41) is 3.43. The number of nitrogens with one attached hydrogen (secondary N) is 1. The topological polar surface area (TPSA) is 54.5 Å². The first-order chi connectivity index (χ1) is 11.5. The average Bonchev–Trinajstić information content (AvgIpc) is 3.02. The van der Waals surface area contributed by atoms with Crippen LogP contribution in [0.4, 0.5) is 10.5 Å². The number of aryl methyl sites for hydroxylation is 2. The highest BCUT2D eigenvalue weighted by Gasteiger charge is 2.28. The van der Waals surface area contributed by atoms with Crippen molar-refractivity contribution in [3.05, 3.63) is 52.8 Å². The number of halogens is 1. The van der Waals surface area contributed by atoms with Gasteiger partial charge in [0.05, 0.1) is 6.54 Å². The summed E-state index contributed by atoms with van der Waals surface area (Å²) in [6.45, 7) is 5.27. The van der Waals surface area contributed by atoms with E-state index in [1.165, 1.54) is 5.56 Å². The minimum absolute atomic E-state index is 0.0598. The van der Waals surface area contributed by atoms with Crippen molar-refractivity contribution in [2.75, 3.05) is 18.4 Å². The molecule has 1 saturated heterocycles. The van der Waals surface area contributed by atoms with Gasteiger partial charge in [-0.15, -0.1) is 0 Å². The summed E-state index contributed by atoms with van der Waals surface area (Å²) in [4.78, 5) is 18.1. The van der Waals surface area contributed by atoms with Gasteiger partial charge in [0.15, 0.2) is 0 Å². The number of pyridine rings is 1. The van der Waals surface area contributed by atoms with Gasteiger partial charge in [0.1, 0.15) is 16.9 Å². The van der Waals surface area contributed by atoms with Gasteiger partial charge in [-0.25, -0.2) is 4.79 Å². The van der Waals surface area contributed by atoms with Crippen LogP contribution >= 0.6 is 11.6 Å². The number of aromatic nitrogens is 1. The van der Waals surface area contributed by atoms with E-state index in [1.807, 2.05) is 32.0 Å². The molecule has 0 unspecified atom stereocenters. The molecule has 1 aromatic heterocycles. The van der Waals surface area contributed by atoms with E-state index in [0.717, 1.165) is 17.7 Å². The predicted octanol–water partition coefficient (Wildman–Crippen LogP) is 4.04. The molecule has 1 aliphatic rings. The first kappa shape index (κ1) is 16.6. The van der Waals surface area contributed by atoms with Crippen LogP contribution in [0.5, 0.6) is 5.75 Å². The number of urea groups is 1. The van der Waals surface area contributed by atoms with E-state index in [0.29, 0.717) is 23.9 Å². The lowest BCUT2D eigenvalue weighted by Crippen LogP contribution is -2.34. The van der Waals surface area contributed by atoms with E-state index in [2.05, 4.69) is 10.3 Å². The van der Waals surface area contributed by atoms with Crippen LogP contribution < -0.4 is 10.1 Å². The number of hydrogen-bond acceptors (Lipinski definition) is 3. The Labute approximate surface area is 146 Å². The fraction of sp³-hybridized carbons (Fsp3) is 0.333. The van der Waals surface area contributed by atoms with E-state index >= 15 is 0 Å². The molecule has 2 heterocycles. The van der Waals surface area contributed by atoms with E-state index in [-0.39, 0.29) is 12.1 Å². The van der Waals surface area contributed by atoms with Crippen LogP contribution in [0.2, 0.25) is 5.02 Å². The van der Waals surface area contributed by atoms with Crippen LogP contribution in [0.25, 0.3) is 0 Å². The Morgan fingerprint density at radius 3 is 2.92 bits per heavy atom. The SMILES string of the molecule is Cc1ccc(NC(=O)N2CC[C@@H](Oc3ccncc3Cl)C2)cc1C. The maximum atomic E-state index is 12.4. The molecule has 3 rings (SSSR count). The Bertz CT molecular complexity index is 751. The van der Waals surface area contributed by atoms with Gasteiger partial charge in [-0.05, 0) is 37.1 Å². The summed E-state index contributed by atoms with van der Waals surface area (Å²) >= 11 is 6.06. The van der Waals surface area contributed by atoms with Crippen molar-refractivity contribution >= 4 is 23.3 Å². The predicted molar refractivity (Wildman–Crippen MR) is 94.8 cm³/mol. The third-order valence-corrected chi connectivity index (χ3v) is 4.50. The Morgan fingerprint density at radius 2 is 2.17 bits per heavy atom. The number of benzene rings is 1. The summed E-state index contributed by atoms with van der Waals surface area (Å²) in [6, 6.07) is 7.53. The van der Waals surface area contributed by atoms with Crippen LogP contribution in [0.3, 0.4) is 0 Å². The molecule has 2 aromatic rings. The Balaban J connectivity index is 1.57. The molecule has 1 atom stereocenters. The standard InChI is InChI=1S/C18H20ClN3O2/c1-12-3-4-14(9-13(12)2)21-18(23)22-8-6-15(11-22)24-17-5-7-20-10-16(17)19/h3-5,7,9-10,15H,6,8,11H2,1-2H3,(H,21,23)/t15-/m1/s1. The largest absolute Gasteiger partial charge is 0.487 e. The maximum absolute atomic E-state index is 12.4. The van der Waals surface area contributed by atoms with Crippen molar-refractivity contribution in [2.45, 2.75) is 26.4 Å². The highest BCUT2D eigenvalue weighted by molar-refractivity contribution is 6.31. The lowest BCUT2D eigenvalue weighted by molar-refractivity contribution is 0.195. The minimum Gasteiger partial charge on any atom is -0.487 e. The molecular formula is C18H20ClN3O2. The summed E-state index contributed by atoms with van der Waals surface area (Å²) < 4.78 is 5.88. The zero-order valence-corrected chi connectivity index (χ0v) is 14.5. The molecule has 0 saturated carbocycles. The minimum atomic E-state index is -0.106. The van der Waals surface area contributed by atoms with E-state index in [9.17, 15) is 4.79 Å². The molecule has 6 heteroatoms. The number of carbonyl (C=O) groups excluding carboxylic acids is 1. The Kier molecular flexibility index (Phi) is 4.90. The molecule has 1 aliphatic heterocycles. The van der Waals surface area contributed by atoms with Crippen molar-refractivity contribution in [2.24, 2.45) is 0 Å². The molecule has 1 fully saturated rings. The van der Waals surface area contributed by atoms with Crippen LogP contribution in [-0.4, -0.2) is 35.1 Å². The van der Waals surface area contributed by atoms with Crippen LogP contribution in [0.1, 0.15) is 17.5 Å². The average molecular weight is 346 g/mol. The van der Waals surface area contributed by atoms with Crippen LogP contribution in [-0.2, 0) is 0 Å². The lowest BCUT2D eigenvalue weighted by Gasteiger charge is -2.18. The number of nitrogens with zero attached hydrogens (tertiary/aromatic N) is 2. The first-order valence-corrected chi connectivity index (χ1v) is 8.30. The highest BCUT2D eigenvalue weighted by Crippen LogP contribution is 2.26. The molecular weight excluding hydrogens is 326 g/mol. The number of carbonyl (C=O) groups is 1. The van der Waals surface area contributed by atoms with Gasteiger partial charge >= 0.3 is 6.03 Å². The summed E-state index contributed by atoms with van der Waals surface area (Å²) in [5.41, 5.74) is 3.17. The quantitative estimate of drug-likeness (QED) is 0.913. The summed E-state index contributed by atoms with van der Waals surface area (Å²) in [5.74, 6) is 0.605. The number of likely N-dealkylation sites (tertiary alicyclic amines) is 1. The van der Waals surface area contributed by atoms with Gasteiger partial charge in [0, 0.05) is 37.1 Å². The maximum Gasteiger partial charge on any atom is 0.321 e. The molecule has 2 amide bonds. The monoisotopic (exact) mass is 345 g/mol. The number of amides is 2. The van der Waals surface area contributed by atoms with E-state index < -0.39 is 0 Å². The van der Waals surface area contributed by atoms with Crippen molar-refractivity contribution in [3.63, 3.8) is 0 Å². The van der Waals surface area contributed by atoms with Crippen molar-refractivity contribution in [3.8, 4) is 5.75 Å². The van der Waals surface area contributed by atoms with E-state index in [4.69, 9.17) is 16.3 Å². The third-order valence-electron chi connectivity index (χ3n) is 4.22. The number of ether oxygens (including phenoxy) is 1. The first-order valence-electron chi connectivity index (χ1n) is 7.92. The Hall–Kier alpha value is -2.27. The molecule has 0 spiro atoms. The smallest absolute Gasteiger partial charge is 0.321 e. The van der Waals surface area contributed by atoms with Crippen molar-refractivity contribution in [1.82, 2.24) is 9.88 Å². The second kappa shape index (κ2) is 7.09. The normalized spacial score (nSPS) is 17.0. The van der Waals surface area contributed by atoms with Gasteiger partial charge in [-0.2, -0.15) is 0 Å². The fourth-order valence-corrected chi connectivity index (χ4v) is 2.83. The molecule has 0 radical (unpaired) electrons. The Morgan fingerprint density at radius 1 is 1.33 bits per heavy atom. The van der Waals surface area contributed by atoms with Gasteiger partial charge < -0.3 is 15.0 Å². The zero-order valence-electron chi connectivity index (χ0n) is 13.8. The van der Waals surface area contributed by atoms with Gasteiger partial charge in [0.2, 0.25) is 0 Å².